The number of aromatic carboxylic acids is 1. The number of nitrogens with one attached hydrogen (secondary N) is 1. The van der Waals surface area contributed by atoms with Crippen LogP contribution in [0, 0.1) is 0 Å². The van der Waals surface area contributed by atoms with Gasteiger partial charge in [-0.25, -0.2) is 0 Å². The highest BCUT2D eigenvalue weighted by molar-refractivity contribution is 7.18. The molecule has 0 radical (unpaired) electrons. The summed E-state index contributed by atoms with van der Waals surface area (Å²) < 4.78 is 0.279. The van der Waals surface area contributed by atoms with Gasteiger partial charge in [0.1, 0.15) is 4.34 Å². The second kappa shape index (κ2) is 11.4. The molecule has 0 unspecified atom stereocenters. The van der Waals surface area contributed by atoms with Crippen LogP contribution in [0.15, 0.2) is 6.07 Å². The van der Waals surface area contributed by atoms with Gasteiger partial charge in [-0.3, -0.25) is 0 Å². The van der Waals surface area contributed by atoms with Gasteiger partial charge in [0.05, 0.1) is 35.5 Å². The van der Waals surface area contributed by atoms with Crippen molar-refractivity contribution in [2.45, 2.75) is 40.0 Å². The van der Waals surface area contributed by atoms with Gasteiger partial charge in [0, 0.05) is 0 Å². The highest BCUT2D eigenvalue weighted by Crippen LogP contribution is 2.30. The topological polar surface area (TPSA) is 44.6 Å². The molecule has 0 fully saturated rings. The van der Waals surface area contributed by atoms with Gasteiger partial charge >= 0.3 is 0 Å². The summed E-state index contributed by atoms with van der Waals surface area (Å²) in [6.07, 6.45) is 3.99. The van der Waals surface area contributed by atoms with Crippen LogP contribution < -0.4 is 10.0 Å². The number of carbonyl (C=O) groups excluding carboxylic acids is 1. The van der Waals surface area contributed by atoms with E-state index >= 15 is 0 Å². The van der Waals surface area contributed by atoms with Gasteiger partial charge in [0.25, 0.3) is 0 Å². The Labute approximate surface area is 135 Å². The smallest absolute Gasteiger partial charge is 0.112 e. The number of quaternary nitrogens is 1. The van der Waals surface area contributed by atoms with Crippen LogP contribution in [-0.4, -0.2) is 25.6 Å². The number of carboxylic acid groups (broad SMARTS) is 1. The minimum Gasteiger partial charge on any atom is -0.544 e. The fraction of sp³-hybridized carbons (Fsp3) is 0.643. The largest absolute Gasteiger partial charge is 0.544 e. The number of rotatable bonds is 7. The van der Waals surface area contributed by atoms with Gasteiger partial charge in [-0.05, 0) is 25.3 Å². The van der Waals surface area contributed by atoms with E-state index in [9.17, 15) is 9.90 Å². The van der Waals surface area contributed by atoms with E-state index in [0.29, 0.717) is 0 Å². The van der Waals surface area contributed by atoms with Crippen molar-refractivity contribution in [3.63, 3.8) is 0 Å². The molecule has 1 aromatic rings. The number of thiophene rings is 1. The van der Waals surface area contributed by atoms with Crippen molar-refractivity contribution in [2.75, 3.05) is 19.6 Å². The fourth-order valence-corrected chi connectivity index (χ4v) is 3.09. The molecule has 1 aromatic heterocycles. The summed E-state index contributed by atoms with van der Waals surface area (Å²) in [4.78, 5) is 12.0. The van der Waals surface area contributed by atoms with Crippen molar-refractivity contribution in [3.8, 4) is 0 Å². The Hall–Kier alpha value is -0.290. The molecule has 0 aliphatic rings. The summed E-state index contributed by atoms with van der Waals surface area (Å²) in [5.41, 5.74) is 0. The SMILES string of the molecule is CCC[NH+](CCC)CCC.O=C([O-])c1cc(Cl)c(Cl)s1. The van der Waals surface area contributed by atoms with Crippen LogP contribution in [0.4, 0.5) is 0 Å². The Kier molecular flexibility index (Phi) is 11.2. The summed E-state index contributed by atoms with van der Waals surface area (Å²) in [5, 5.41) is 10.4. The Morgan fingerprint density at radius 2 is 1.60 bits per heavy atom. The van der Waals surface area contributed by atoms with E-state index in [1.54, 1.807) is 4.90 Å². The maximum atomic E-state index is 10.1. The minimum absolute atomic E-state index is 0.0509. The molecule has 6 heteroatoms. The summed E-state index contributed by atoms with van der Waals surface area (Å²) in [7, 11) is 0. The number of halogens is 2. The molecule has 0 spiro atoms. The lowest BCUT2D eigenvalue weighted by molar-refractivity contribution is -0.900. The molecule has 0 amide bonds. The monoisotopic (exact) mass is 339 g/mol. The molecule has 0 aliphatic carbocycles. The molecule has 1 N–H and O–H groups in total. The van der Waals surface area contributed by atoms with Gasteiger partial charge in [-0.15, -0.1) is 11.3 Å². The van der Waals surface area contributed by atoms with Crippen LogP contribution in [-0.2, 0) is 0 Å². The second-order valence-corrected chi connectivity index (χ2v) is 6.58. The van der Waals surface area contributed by atoms with Gasteiger partial charge in [-0.1, -0.05) is 44.0 Å². The Balaban J connectivity index is 0.000000361. The maximum absolute atomic E-state index is 10.1. The predicted octanol–water partition coefficient (Wildman–Crippen LogP) is 2.52. The van der Waals surface area contributed by atoms with E-state index in [4.69, 9.17) is 23.2 Å². The third-order valence-corrected chi connectivity index (χ3v) is 4.50. The third-order valence-electron chi connectivity index (χ3n) is 2.66. The Bertz CT molecular complexity index is 363. The quantitative estimate of drug-likeness (QED) is 0.829. The summed E-state index contributed by atoms with van der Waals surface area (Å²) >= 11 is 11.8. The first-order valence-electron chi connectivity index (χ1n) is 6.95. The molecule has 3 nitrogen and oxygen atoms in total. The number of hydrogen-bond donors (Lipinski definition) is 1. The average Bonchev–Trinajstić information content (AvgIpc) is 2.72. The lowest BCUT2D eigenvalue weighted by Gasteiger charge is -2.16. The van der Waals surface area contributed by atoms with Crippen LogP contribution in [0.25, 0.3) is 0 Å². The van der Waals surface area contributed by atoms with E-state index in [-0.39, 0.29) is 14.2 Å². The maximum Gasteiger partial charge on any atom is 0.112 e. The lowest BCUT2D eigenvalue weighted by atomic mass is 10.3. The molecule has 0 atom stereocenters. The molecule has 0 aromatic carbocycles. The van der Waals surface area contributed by atoms with E-state index in [0.717, 1.165) is 11.3 Å². The van der Waals surface area contributed by atoms with Crippen molar-refractivity contribution in [1.29, 1.82) is 0 Å². The zero-order valence-corrected chi connectivity index (χ0v) is 14.6. The zero-order valence-electron chi connectivity index (χ0n) is 12.3. The molecule has 116 valence electrons. The first-order valence-corrected chi connectivity index (χ1v) is 8.53. The molecular weight excluding hydrogens is 317 g/mol. The van der Waals surface area contributed by atoms with E-state index in [1.165, 1.54) is 45.0 Å². The van der Waals surface area contributed by atoms with Crippen molar-refractivity contribution >= 4 is 40.5 Å². The van der Waals surface area contributed by atoms with Crippen LogP contribution in [0.5, 0.6) is 0 Å². The highest BCUT2D eigenvalue weighted by Gasteiger charge is 2.04. The molecule has 0 aliphatic heterocycles. The van der Waals surface area contributed by atoms with Crippen LogP contribution in [0.3, 0.4) is 0 Å². The molecule has 0 bridgehead atoms. The van der Waals surface area contributed by atoms with E-state index in [1.807, 2.05) is 0 Å². The molecule has 20 heavy (non-hydrogen) atoms. The van der Waals surface area contributed by atoms with Gasteiger partial charge < -0.3 is 14.8 Å². The molecule has 1 rings (SSSR count). The van der Waals surface area contributed by atoms with Crippen LogP contribution in [0.2, 0.25) is 9.36 Å². The normalized spacial score (nSPS) is 10.3. The molecule has 0 saturated carbocycles. The third kappa shape index (κ3) is 8.10. The molecule has 1 heterocycles. The first-order chi connectivity index (χ1) is 9.46. The summed E-state index contributed by atoms with van der Waals surface area (Å²) in [5.74, 6) is -1.25. The highest BCUT2D eigenvalue weighted by atomic mass is 35.5. The van der Waals surface area contributed by atoms with E-state index < -0.39 is 5.97 Å². The number of hydrogen-bond acceptors (Lipinski definition) is 3. The standard InChI is InChI=1S/C9H21N.C5H2Cl2O2S/c1-4-7-10(8-5-2)9-6-3;6-2-1-3(5(8)9)10-4(2)7/h4-9H2,1-3H3;1H,(H,8,9). The van der Waals surface area contributed by atoms with Crippen molar-refractivity contribution in [3.05, 3.63) is 20.3 Å². The fourth-order valence-electron chi connectivity index (χ4n) is 1.88. The van der Waals surface area contributed by atoms with Crippen LogP contribution >= 0.6 is 34.5 Å². The van der Waals surface area contributed by atoms with E-state index in [2.05, 4.69) is 20.8 Å². The van der Waals surface area contributed by atoms with Crippen molar-refractivity contribution < 1.29 is 14.8 Å². The van der Waals surface area contributed by atoms with Gasteiger partial charge in [0.15, 0.2) is 0 Å². The average molecular weight is 340 g/mol. The lowest BCUT2D eigenvalue weighted by Crippen LogP contribution is -3.11. The zero-order chi connectivity index (χ0) is 15.5. The summed E-state index contributed by atoms with van der Waals surface area (Å²) in [6, 6.07) is 1.27. The molecular formula is C14H23Cl2NO2S. The predicted molar refractivity (Wildman–Crippen MR) is 85.1 cm³/mol. The Morgan fingerprint density at radius 3 is 1.80 bits per heavy atom. The number of carbonyl (C=O) groups is 1. The first kappa shape index (κ1) is 19.7. The summed E-state index contributed by atoms with van der Waals surface area (Å²) in [6.45, 7) is 10.9. The van der Waals surface area contributed by atoms with Crippen molar-refractivity contribution in [2.24, 2.45) is 0 Å². The van der Waals surface area contributed by atoms with Crippen molar-refractivity contribution in [1.82, 2.24) is 0 Å². The van der Waals surface area contributed by atoms with Gasteiger partial charge in [-0.2, -0.15) is 0 Å². The second-order valence-electron chi connectivity index (χ2n) is 4.52. The number of carboxylic acids is 1. The van der Waals surface area contributed by atoms with Crippen LogP contribution in [0.1, 0.15) is 49.7 Å². The minimum atomic E-state index is -1.25. The molecule has 0 saturated heterocycles. The Morgan fingerprint density at radius 1 is 1.15 bits per heavy atom. The van der Waals surface area contributed by atoms with Gasteiger partial charge in [0.2, 0.25) is 0 Å².